The van der Waals surface area contributed by atoms with Gasteiger partial charge >= 0.3 is 0 Å². The fourth-order valence-corrected chi connectivity index (χ4v) is 0.865. The van der Waals surface area contributed by atoms with Crippen LogP contribution in [0, 0.1) is 6.92 Å². The van der Waals surface area contributed by atoms with E-state index >= 15 is 0 Å². The Morgan fingerprint density at radius 2 is 2.09 bits per heavy atom. The average Bonchev–Trinajstić information content (AvgIpc) is 1.99. The van der Waals surface area contributed by atoms with Crippen LogP contribution in [-0.4, -0.2) is 20.1 Å². The van der Waals surface area contributed by atoms with Gasteiger partial charge < -0.3 is 9.84 Å². The van der Waals surface area contributed by atoms with Crippen molar-refractivity contribution >= 4 is 13.3 Å². The summed E-state index contributed by atoms with van der Waals surface area (Å²) in [7, 11) is 7.05. The van der Waals surface area contributed by atoms with Crippen molar-refractivity contribution in [1.82, 2.24) is 0 Å². The highest BCUT2D eigenvalue weighted by atomic mass is 16.5. The molecule has 1 rings (SSSR count). The van der Waals surface area contributed by atoms with Crippen LogP contribution in [0.15, 0.2) is 12.1 Å². The number of aromatic hydroxyl groups is 1. The van der Waals surface area contributed by atoms with Gasteiger partial charge in [0.25, 0.3) is 0 Å². The van der Waals surface area contributed by atoms with E-state index in [2.05, 4.69) is 0 Å². The first-order chi connectivity index (χ1) is 5.15. The topological polar surface area (TPSA) is 29.5 Å². The Morgan fingerprint density at radius 1 is 1.45 bits per heavy atom. The second kappa shape index (κ2) is 2.87. The van der Waals surface area contributed by atoms with Crippen molar-refractivity contribution in [3.63, 3.8) is 0 Å². The predicted molar refractivity (Wildman–Crippen MR) is 44.8 cm³/mol. The molecule has 1 aromatic rings. The van der Waals surface area contributed by atoms with E-state index in [-0.39, 0.29) is 5.75 Å². The molecule has 1 N–H and O–H groups in total. The number of phenols is 1. The monoisotopic (exact) mass is 148 g/mol. The number of methoxy groups -OCH3 is 1. The van der Waals surface area contributed by atoms with Crippen LogP contribution in [0.3, 0.4) is 0 Å². The van der Waals surface area contributed by atoms with Crippen LogP contribution in [0.5, 0.6) is 11.5 Å². The zero-order valence-electron chi connectivity index (χ0n) is 6.59. The zero-order chi connectivity index (χ0) is 8.43. The molecule has 0 atom stereocenters. The van der Waals surface area contributed by atoms with E-state index in [0.29, 0.717) is 11.2 Å². The first-order valence-corrected chi connectivity index (χ1v) is 3.28. The van der Waals surface area contributed by atoms with E-state index < -0.39 is 0 Å². The zero-order valence-corrected chi connectivity index (χ0v) is 6.59. The molecule has 0 amide bonds. The second-order valence-corrected chi connectivity index (χ2v) is 2.38. The predicted octanol–water partition coefficient (Wildman–Crippen LogP) is 0.503. The van der Waals surface area contributed by atoms with Gasteiger partial charge in [0.1, 0.15) is 19.3 Å². The van der Waals surface area contributed by atoms with Crippen LogP contribution in [0.1, 0.15) is 5.56 Å². The van der Waals surface area contributed by atoms with Gasteiger partial charge in [0.2, 0.25) is 0 Å². The number of benzene rings is 1. The van der Waals surface area contributed by atoms with Crippen LogP contribution in [0.4, 0.5) is 0 Å². The van der Waals surface area contributed by atoms with Gasteiger partial charge in [-0.05, 0) is 13.0 Å². The standard InChI is InChI=1S/C8H9BO2/c1-5-3-6(11-2)4-7(10)8(5)9/h3-4,10H,1-2H3. The molecular formula is C8H9BO2. The van der Waals surface area contributed by atoms with Gasteiger partial charge in [-0.25, -0.2) is 0 Å². The number of ether oxygens (including phenoxy) is 1. The summed E-state index contributed by atoms with van der Waals surface area (Å²) in [5.41, 5.74) is 1.23. The molecule has 0 heterocycles. The highest BCUT2D eigenvalue weighted by Gasteiger charge is 2.01. The minimum atomic E-state index is 0.0712. The Labute approximate surface area is 67.2 Å². The van der Waals surface area contributed by atoms with Gasteiger partial charge in [0, 0.05) is 6.07 Å². The molecule has 3 heteroatoms. The number of hydrogen-bond donors (Lipinski definition) is 1. The Bertz CT molecular complexity index is 248. The lowest BCUT2D eigenvalue weighted by molar-refractivity contribution is 0.408. The lowest BCUT2D eigenvalue weighted by Gasteiger charge is -2.06. The maximum absolute atomic E-state index is 9.21. The Hall–Kier alpha value is -1.12. The number of phenolic OH excluding ortho intramolecular Hbond substituents is 1. The summed E-state index contributed by atoms with van der Waals surface area (Å²) in [6.45, 7) is 1.82. The van der Waals surface area contributed by atoms with Crippen molar-refractivity contribution in [2.24, 2.45) is 0 Å². The lowest BCUT2D eigenvalue weighted by Crippen LogP contribution is -2.07. The van der Waals surface area contributed by atoms with Crippen molar-refractivity contribution in [2.45, 2.75) is 6.92 Å². The third-order valence-electron chi connectivity index (χ3n) is 1.57. The van der Waals surface area contributed by atoms with Gasteiger partial charge in [-0.3, -0.25) is 0 Å². The first-order valence-electron chi connectivity index (χ1n) is 3.28. The maximum Gasteiger partial charge on any atom is 0.122 e. The van der Waals surface area contributed by atoms with Crippen molar-refractivity contribution < 1.29 is 9.84 Å². The summed E-state index contributed by atoms with van der Waals surface area (Å²) in [6.07, 6.45) is 0. The molecule has 0 saturated carbocycles. The third kappa shape index (κ3) is 1.48. The summed E-state index contributed by atoms with van der Waals surface area (Å²) in [4.78, 5) is 0. The summed E-state index contributed by atoms with van der Waals surface area (Å²) in [5, 5.41) is 9.21. The minimum absolute atomic E-state index is 0.0712. The van der Waals surface area contributed by atoms with Crippen molar-refractivity contribution in [2.75, 3.05) is 7.11 Å². The van der Waals surface area contributed by atoms with E-state index in [1.807, 2.05) is 6.92 Å². The molecule has 0 aliphatic heterocycles. The van der Waals surface area contributed by atoms with E-state index in [0.717, 1.165) is 5.56 Å². The highest BCUT2D eigenvalue weighted by Crippen LogP contribution is 2.17. The van der Waals surface area contributed by atoms with Gasteiger partial charge in [-0.15, -0.1) is 0 Å². The normalized spacial score (nSPS) is 9.64. The quantitative estimate of drug-likeness (QED) is 0.587. The Kier molecular flexibility index (Phi) is 2.08. The van der Waals surface area contributed by atoms with E-state index in [1.54, 1.807) is 13.2 Å². The SMILES string of the molecule is [B]c1c(C)cc(OC)cc1O. The molecule has 2 radical (unpaired) electrons. The van der Waals surface area contributed by atoms with Crippen LogP contribution < -0.4 is 10.2 Å². The van der Waals surface area contributed by atoms with Gasteiger partial charge in [0.15, 0.2) is 0 Å². The Morgan fingerprint density at radius 3 is 2.55 bits per heavy atom. The van der Waals surface area contributed by atoms with Gasteiger partial charge in [-0.1, -0.05) is 11.0 Å². The van der Waals surface area contributed by atoms with Crippen LogP contribution in [0.2, 0.25) is 0 Å². The fraction of sp³-hybridized carbons (Fsp3) is 0.250. The van der Waals surface area contributed by atoms with Crippen LogP contribution in [0.25, 0.3) is 0 Å². The summed E-state index contributed by atoms with van der Waals surface area (Å²) in [6, 6.07) is 3.26. The van der Waals surface area contributed by atoms with Crippen molar-refractivity contribution in [3.8, 4) is 11.5 Å². The molecular weight excluding hydrogens is 139 g/mol. The smallest absolute Gasteiger partial charge is 0.122 e. The van der Waals surface area contributed by atoms with Crippen molar-refractivity contribution in [3.05, 3.63) is 17.7 Å². The molecule has 0 saturated heterocycles. The summed E-state index contributed by atoms with van der Waals surface area (Å²) < 4.78 is 4.92. The van der Waals surface area contributed by atoms with Crippen LogP contribution >= 0.6 is 0 Å². The van der Waals surface area contributed by atoms with E-state index in [9.17, 15) is 5.11 Å². The molecule has 0 unspecified atom stereocenters. The number of hydrogen-bond acceptors (Lipinski definition) is 2. The molecule has 0 spiro atoms. The van der Waals surface area contributed by atoms with E-state index in [4.69, 9.17) is 12.6 Å². The molecule has 2 nitrogen and oxygen atoms in total. The van der Waals surface area contributed by atoms with Gasteiger partial charge in [-0.2, -0.15) is 0 Å². The third-order valence-corrected chi connectivity index (χ3v) is 1.57. The molecule has 0 bridgehead atoms. The molecule has 0 fully saturated rings. The van der Waals surface area contributed by atoms with Crippen LogP contribution in [-0.2, 0) is 0 Å². The minimum Gasteiger partial charge on any atom is -0.508 e. The largest absolute Gasteiger partial charge is 0.508 e. The molecule has 0 aliphatic carbocycles. The highest BCUT2D eigenvalue weighted by molar-refractivity contribution is 6.35. The molecule has 11 heavy (non-hydrogen) atoms. The fourth-order valence-electron chi connectivity index (χ4n) is 0.865. The summed E-state index contributed by atoms with van der Waals surface area (Å²) >= 11 is 0. The lowest BCUT2D eigenvalue weighted by atomic mass is 9.90. The molecule has 0 aliphatic rings. The molecule has 0 aromatic heterocycles. The van der Waals surface area contributed by atoms with E-state index in [1.165, 1.54) is 6.07 Å². The first kappa shape index (κ1) is 7.99. The maximum atomic E-state index is 9.21. The molecule has 56 valence electrons. The molecule has 1 aromatic carbocycles. The number of aryl methyl sites for hydroxylation is 1. The van der Waals surface area contributed by atoms with Gasteiger partial charge in [0.05, 0.1) is 7.11 Å². The second-order valence-electron chi connectivity index (χ2n) is 2.38. The average molecular weight is 148 g/mol. The van der Waals surface area contributed by atoms with Crippen molar-refractivity contribution in [1.29, 1.82) is 0 Å². The number of rotatable bonds is 1. The summed E-state index contributed by atoms with van der Waals surface area (Å²) in [5.74, 6) is 0.691. The Balaban J connectivity index is 3.21.